The van der Waals surface area contributed by atoms with Gasteiger partial charge < -0.3 is 10.2 Å². The molecule has 1 aromatic heterocycles. The molecule has 1 atom stereocenters. The Balaban J connectivity index is 1.62. The van der Waals surface area contributed by atoms with Gasteiger partial charge in [-0.2, -0.15) is 5.10 Å². The third-order valence-electron chi connectivity index (χ3n) is 5.99. The molecule has 3 aromatic rings. The van der Waals surface area contributed by atoms with Gasteiger partial charge in [-0.1, -0.05) is 51.1 Å². The zero-order valence-electron chi connectivity index (χ0n) is 19.3. The maximum Gasteiger partial charge on any atom is 0.273 e. The van der Waals surface area contributed by atoms with Crippen LogP contribution in [0.25, 0.3) is 10.9 Å². The van der Waals surface area contributed by atoms with Crippen LogP contribution in [0.5, 0.6) is 0 Å². The summed E-state index contributed by atoms with van der Waals surface area (Å²) in [5.74, 6) is -4.36. The average molecular weight is 473 g/mol. The van der Waals surface area contributed by atoms with E-state index in [1.807, 2.05) is 12.1 Å². The molecule has 0 bridgehead atoms. The van der Waals surface area contributed by atoms with Crippen LogP contribution in [0.2, 0.25) is 0 Å². The monoisotopic (exact) mass is 472 g/mol. The molecule has 1 N–H and O–H groups in total. The highest BCUT2D eigenvalue weighted by Crippen LogP contribution is 2.30. The molecule has 1 saturated heterocycles. The van der Waals surface area contributed by atoms with Crippen LogP contribution in [-0.2, 0) is 11.3 Å². The molecule has 2 aromatic carbocycles. The number of hydrogen-bond acceptors (Lipinski definition) is 3. The number of rotatable bonds is 5. The van der Waals surface area contributed by atoms with Crippen molar-refractivity contribution in [2.24, 2.45) is 5.41 Å². The molecule has 4 rings (SSSR count). The van der Waals surface area contributed by atoms with E-state index in [9.17, 15) is 22.8 Å². The predicted octanol–water partition coefficient (Wildman–Crippen LogP) is 4.24. The van der Waals surface area contributed by atoms with Gasteiger partial charge in [0.2, 0.25) is 5.91 Å². The number of benzene rings is 2. The van der Waals surface area contributed by atoms with Gasteiger partial charge in [0.25, 0.3) is 11.8 Å². The van der Waals surface area contributed by atoms with Crippen molar-refractivity contribution in [1.29, 1.82) is 0 Å². The van der Waals surface area contributed by atoms with Crippen LogP contribution in [-0.4, -0.2) is 51.5 Å². The number of alkyl halides is 2. The Labute approximate surface area is 195 Å². The third kappa shape index (κ3) is 4.93. The zero-order valence-corrected chi connectivity index (χ0v) is 19.3. The summed E-state index contributed by atoms with van der Waals surface area (Å²) >= 11 is 0. The topological polar surface area (TPSA) is 67.2 Å². The minimum absolute atomic E-state index is 0.0521. The molecular weight excluding hydrogens is 445 g/mol. The van der Waals surface area contributed by atoms with Crippen molar-refractivity contribution in [1.82, 2.24) is 20.0 Å². The molecule has 0 spiro atoms. The number of carbonyl (C=O) groups excluding carboxylic acids is 2. The summed E-state index contributed by atoms with van der Waals surface area (Å²) in [6.45, 7) is 4.94. The molecule has 0 unspecified atom stereocenters. The van der Waals surface area contributed by atoms with Gasteiger partial charge in [-0.05, 0) is 29.2 Å². The number of nitrogens with zero attached hydrogens (tertiary/aromatic N) is 3. The number of likely N-dealkylation sites (tertiary alicyclic amines) is 1. The first-order chi connectivity index (χ1) is 15.9. The van der Waals surface area contributed by atoms with Crippen molar-refractivity contribution in [3.63, 3.8) is 0 Å². The lowest BCUT2D eigenvalue weighted by Gasteiger charge is -2.33. The number of para-hydroxylation sites is 1. The Morgan fingerprint density at radius 1 is 1.12 bits per heavy atom. The smallest absolute Gasteiger partial charge is 0.273 e. The molecule has 9 heteroatoms. The van der Waals surface area contributed by atoms with Gasteiger partial charge in [0.05, 0.1) is 18.6 Å². The summed E-state index contributed by atoms with van der Waals surface area (Å²) in [7, 11) is 0. The second-order valence-corrected chi connectivity index (χ2v) is 9.79. The molecule has 0 aliphatic carbocycles. The first-order valence-electron chi connectivity index (χ1n) is 11.1. The number of halogens is 3. The molecular formula is C25H27F3N4O2. The first kappa shape index (κ1) is 23.8. The summed E-state index contributed by atoms with van der Waals surface area (Å²) < 4.78 is 42.3. The Bertz CT molecular complexity index is 1220. The third-order valence-corrected chi connectivity index (χ3v) is 5.99. The summed E-state index contributed by atoms with van der Waals surface area (Å²) in [5, 5.41) is 7.83. The van der Waals surface area contributed by atoms with Crippen LogP contribution < -0.4 is 5.32 Å². The van der Waals surface area contributed by atoms with E-state index in [1.165, 1.54) is 12.1 Å². The van der Waals surface area contributed by atoms with Gasteiger partial charge >= 0.3 is 0 Å². The lowest BCUT2D eigenvalue weighted by atomic mass is 9.85. The number of hydrogen-bond donors (Lipinski definition) is 1. The Morgan fingerprint density at radius 2 is 1.79 bits per heavy atom. The van der Waals surface area contributed by atoms with Gasteiger partial charge in [0.1, 0.15) is 11.9 Å². The maximum absolute atomic E-state index is 13.7. The normalized spacial score (nSPS) is 16.6. The van der Waals surface area contributed by atoms with Crippen molar-refractivity contribution in [3.8, 4) is 0 Å². The molecule has 2 amide bonds. The van der Waals surface area contributed by atoms with Gasteiger partial charge in [0.15, 0.2) is 5.69 Å². The van der Waals surface area contributed by atoms with Crippen LogP contribution >= 0.6 is 0 Å². The number of fused-ring (bicyclic) bond motifs is 1. The van der Waals surface area contributed by atoms with Crippen molar-refractivity contribution in [2.75, 3.05) is 13.1 Å². The predicted molar refractivity (Wildman–Crippen MR) is 122 cm³/mol. The van der Waals surface area contributed by atoms with Crippen molar-refractivity contribution >= 4 is 22.7 Å². The van der Waals surface area contributed by atoms with Crippen molar-refractivity contribution < 1.29 is 22.8 Å². The van der Waals surface area contributed by atoms with E-state index in [2.05, 4.69) is 10.4 Å². The Kier molecular flexibility index (Phi) is 6.14. The van der Waals surface area contributed by atoms with E-state index in [0.29, 0.717) is 17.4 Å². The van der Waals surface area contributed by atoms with E-state index in [1.54, 1.807) is 49.7 Å². The molecule has 180 valence electrons. The number of nitrogens with one attached hydrogen (secondary N) is 1. The van der Waals surface area contributed by atoms with E-state index < -0.39 is 35.7 Å². The summed E-state index contributed by atoms with van der Waals surface area (Å²) in [4.78, 5) is 27.5. The first-order valence-corrected chi connectivity index (χ1v) is 11.1. The van der Waals surface area contributed by atoms with Gasteiger partial charge in [-0.15, -0.1) is 0 Å². The van der Waals surface area contributed by atoms with Gasteiger partial charge in [-0.3, -0.25) is 14.3 Å². The molecule has 2 heterocycles. The number of carbonyl (C=O) groups is 2. The molecule has 1 aliphatic rings. The van der Waals surface area contributed by atoms with E-state index in [-0.39, 0.29) is 24.5 Å². The SMILES string of the molecule is CC(C)(C)[C@H](NC(=O)c1nn(Cc2ccc(F)cc2)c2ccccc12)C(=O)N1CCC(F)(F)C1. The molecule has 1 aliphatic heterocycles. The summed E-state index contributed by atoms with van der Waals surface area (Å²) in [6, 6.07) is 12.2. The Morgan fingerprint density at radius 3 is 2.41 bits per heavy atom. The number of amides is 2. The van der Waals surface area contributed by atoms with Crippen LogP contribution in [0.1, 0.15) is 43.2 Å². The zero-order chi connectivity index (χ0) is 24.7. The quantitative estimate of drug-likeness (QED) is 0.604. The fourth-order valence-corrected chi connectivity index (χ4v) is 4.13. The van der Waals surface area contributed by atoms with Gasteiger partial charge in [0, 0.05) is 18.4 Å². The fourth-order valence-electron chi connectivity index (χ4n) is 4.13. The highest BCUT2D eigenvalue weighted by Gasteiger charge is 2.44. The maximum atomic E-state index is 13.7. The van der Waals surface area contributed by atoms with Crippen LogP contribution in [0.4, 0.5) is 13.2 Å². The molecule has 0 saturated carbocycles. The molecule has 0 radical (unpaired) electrons. The highest BCUT2D eigenvalue weighted by molar-refractivity contribution is 6.06. The lowest BCUT2D eigenvalue weighted by Crippen LogP contribution is -2.54. The van der Waals surface area contributed by atoms with Gasteiger partial charge in [-0.25, -0.2) is 13.2 Å². The lowest BCUT2D eigenvalue weighted by molar-refractivity contribution is -0.136. The van der Waals surface area contributed by atoms with E-state index in [4.69, 9.17) is 0 Å². The van der Waals surface area contributed by atoms with Crippen LogP contribution in [0.15, 0.2) is 48.5 Å². The largest absolute Gasteiger partial charge is 0.338 e. The molecule has 34 heavy (non-hydrogen) atoms. The minimum atomic E-state index is -2.92. The molecule has 6 nitrogen and oxygen atoms in total. The highest BCUT2D eigenvalue weighted by atomic mass is 19.3. The fraction of sp³-hybridized carbons (Fsp3) is 0.400. The summed E-state index contributed by atoms with van der Waals surface area (Å²) in [5.41, 5.74) is 0.928. The van der Waals surface area contributed by atoms with Crippen LogP contribution in [0, 0.1) is 11.2 Å². The number of aromatic nitrogens is 2. The summed E-state index contributed by atoms with van der Waals surface area (Å²) in [6.07, 6.45) is -0.387. The standard InChI is InChI=1S/C25H27F3N4O2/c1-24(2,3)21(23(34)31-13-12-25(27,28)15-31)29-22(33)20-18-6-4-5-7-19(18)32(30-20)14-16-8-10-17(26)11-9-16/h4-11,21H,12-15H2,1-3H3,(H,29,33)/t21-/m1/s1. The van der Waals surface area contributed by atoms with E-state index >= 15 is 0 Å². The Hall–Kier alpha value is -3.36. The van der Waals surface area contributed by atoms with E-state index in [0.717, 1.165) is 10.5 Å². The second kappa shape index (κ2) is 8.77. The second-order valence-electron chi connectivity index (χ2n) is 9.79. The van der Waals surface area contributed by atoms with Crippen molar-refractivity contribution in [3.05, 3.63) is 65.6 Å². The van der Waals surface area contributed by atoms with Crippen molar-refractivity contribution in [2.45, 2.75) is 45.7 Å². The molecule has 1 fully saturated rings. The average Bonchev–Trinajstić information content (AvgIpc) is 3.32. The van der Waals surface area contributed by atoms with Crippen LogP contribution in [0.3, 0.4) is 0 Å². The minimum Gasteiger partial charge on any atom is -0.338 e.